The molecule has 10 heteroatoms. The Kier molecular flexibility index (Phi) is 9.12. The fraction of sp³-hybridized carbons (Fsp3) is 0.484. The molecule has 2 heterocycles. The van der Waals surface area contributed by atoms with Crippen molar-refractivity contribution in [2.24, 2.45) is 0 Å². The number of hydrogen-bond donors (Lipinski definition) is 1. The number of fused-ring (bicyclic) bond motifs is 1. The lowest BCUT2D eigenvalue weighted by molar-refractivity contribution is 0.150. The minimum atomic E-state index is -3.41. The van der Waals surface area contributed by atoms with E-state index in [4.69, 9.17) is 4.74 Å². The van der Waals surface area contributed by atoms with E-state index >= 15 is 0 Å². The van der Waals surface area contributed by atoms with Gasteiger partial charge in [-0.25, -0.2) is 18.1 Å². The molecular formula is C31H39N5O3S2. The van der Waals surface area contributed by atoms with Crippen LogP contribution in [0.4, 0.5) is 0 Å². The Bertz CT molecular complexity index is 1520. The minimum absolute atomic E-state index is 0.0150. The summed E-state index contributed by atoms with van der Waals surface area (Å²) in [5.74, 6) is 0.695. The zero-order valence-electron chi connectivity index (χ0n) is 24.3. The molecule has 0 radical (unpaired) electrons. The molecule has 0 unspecified atom stereocenters. The van der Waals surface area contributed by atoms with E-state index in [1.807, 2.05) is 50.4 Å². The summed E-state index contributed by atoms with van der Waals surface area (Å²) in [5.41, 5.74) is 4.69. The van der Waals surface area contributed by atoms with Gasteiger partial charge >= 0.3 is 0 Å². The summed E-state index contributed by atoms with van der Waals surface area (Å²) in [6, 6.07) is 14.3. The molecule has 1 fully saturated rings. The predicted octanol–water partition coefficient (Wildman–Crippen LogP) is 5.07. The Morgan fingerprint density at radius 2 is 1.98 bits per heavy atom. The third-order valence-electron chi connectivity index (χ3n) is 8.04. The lowest BCUT2D eigenvalue weighted by atomic mass is 10.0. The fourth-order valence-electron chi connectivity index (χ4n) is 5.83. The monoisotopic (exact) mass is 593 g/mol. The number of rotatable bonds is 10. The van der Waals surface area contributed by atoms with Crippen molar-refractivity contribution in [2.75, 3.05) is 39.5 Å². The number of nitrogens with zero attached hydrogens (tertiary/aromatic N) is 4. The average Bonchev–Trinajstić information content (AvgIpc) is 3.60. The van der Waals surface area contributed by atoms with E-state index in [0.29, 0.717) is 23.9 Å². The maximum atomic E-state index is 13.1. The van der Waals surface area contributed by atoms with Gasteiger partial charge in [0.25, 0.3) is 0 Å². The number of sulfonamides is 1. The molecule has 2 aromatic carbocycles. The summed E-state index contributed by atoms with van der Waals surface area (Å²) in [4.78, 5) is 10.2. The summed E-state index contributed by atoms with van der Waals surface area (Å²) >= 11 is 1.58. The highest BCUT2D eigenvalue weighted by Crippen LogP contribution is 2.41. The van der Waals surface area contributed by atoms with Crippen molar-refractivity contribution >= 4 is 21.4 Å². The molecule has 3 aromatic rings. The van der Waals surface area contributed by atoms with E-state index in [9.17, 15) is 13.7 Å². The Labute approximate surface area is 248 Å². The van der Waals surface area contributed by atoms with Gasteiger partial charge in [-0.1, -0.05) is 18.2 Å². The molecule has 0 spiro atoms. The lowest BCUT2D eigenvalue weighted by Gasteiger charge is -2.35. The molecule has 1 atom stereocenters. The van der Waals surface area contributed by atoms with Crippen LogP contribution in [0, 0.1) is 11.3 Å². The van der Waals surface area contributed by atoms with Crippen molar-refractivity contribution in [1.82, 2.24) is 19.5 Å². The Hall–Kier alpha value is -2.81. The summed E-state index contributed by atoms with van der Waals surface area (Å²) in [6.45, 7) is 6.33. The normalized spacial score (nSPS) is 18.1. The maximum absolute atomic E-state index is 13.1. The third-order valence-corrected chi connectivity index (χ3v) is 10.5. The smallest absolute Gasteiger partial charge is 0.213 e. The highest BCUT2D eigenvalue weighted by atomic mass is 32.2. The number of hydrogen-bond acceptors (Lipinski definition) is 8. The van der Waals surface area contributed by atoms with Gasteiger partial charge in [-0.3, -0.25) is 0 Å². The van der Waals surface area contributed by atoms with Gasteiger partial charge in [0.2, 0.25) is 10.0 Å². The van der Waals surface area contributed by atoms with E-state index < -0.39 is 10.0 Å². The maximum Gasteiger partial charge on any atom is 0.213 e. The fourth-order valence-corrected chi connectivity index (χ4v) is 8.09. The first-order valence-electron chi connectivity index (χ1n) is 14.3. The van der Waals surface area contributed by atoms with E-state index in [1.54, 1.807) is 11.3 Å². The first-order valence-corrected chi connectivity index (χ1v) is 16.8. The number of piperidine rings is 1. The number of nitriles is 1. The molecule has 5 rings (SSSR count). The summed E-state index contributed by atoms with van der Waals surface area (Å²) in [6.07, 6.45) is 5.57. The van der Waals surface area contributed by atoms with Crippen LogP contribution in [-0.4, -0.2) is 74.8 Å². The molecule has 1 aromatic heterocycles. The van der Waals surface area contributed by atoms with E-state index in [2.05, 4.69) is 45.7 Å². The SMILES string of the molecule is CC(C)Oc1ccc(-c2ncc(-c3cccc4c3CC[C@@H]4NS(=O)(=O)CCN3CCC(N(C)C)CC3)s2)cc1C#N. The number of ether oxygens (including phenoxy) is 1. The van der Waals surface area contributed by atoms with Crippen LogP contribution in [-0.2, 0) is 16.4 Å². The summed E-state index contributed by atoms with van der Waals surface area (Å²) in [5, 5.41) is 10.5. The van der Waals surface area contributed by atoms with Crippen LogP contribution in [0.3, 0.4) is 0 Å². The van der Waals surface area contributed by atoms with Crippen molar-refractivity contribution in [3.8, 4) is 32.8 Å². The number of benzene rings is 2. The molecule has 1 aliphatic heterocycles. The molecule has 0 saturated carbocycles. The van der Waals surface area contributed by atoms with Crippen LogP contribution in [0.15, 0.2) is 42.6 Å². The quantitative estimate of drug-likeness (QED) is 0.351. The van der Waals surface area contributed by atoms with Gasteiger partial charge in [-0.05, 0) is 102 Å². The Morgan fingerprint density at radius 3 is 2.68 bits per heavy atom. The standard InChI is InChI=1S/C31H39N5O3S2/c1-21(2)39-29-11-8-22(18-23(29)19-32)31-33-20-30(40-31)27-7-5-6-26-25(27)9-10-28(26)34-41(37,38)17-16-36-14-12-24(13-15-36)35(3)4/h5-8,11,18,20-21,24,28,34H,9-10,12-17H2,1-4H3/t28-/m0/s1. The average molecular weight is 594 g/mol. The lowest BCUT2D eigenvalue weighted by Crippen LogP contribution is -2.44. The van der Waals surface area contributed by atoms with Crippen LogP contribution in [0.5, 0.6) is 5.75 Å². The second kappa shape index (κ2) is 12.6. The molecule has 1 saturated heterocycles. The largest absolute Gasteiger partial charge is 0.490 e. The predicted molar refractivity (Wildman–Crippen MR) is 165 cm³/mol. The number of aromatic nitrogens is 1. The van der Waals surface area contributed by atoms with Crippen LogP contribution < -0.4 is 9.46 Å². The first-order chi connectivity index (χ1) is 19.6. The van der Waals surface area contributed by atoms with Crippen molar-refractivity contribution in [1.29, 1.82) is 5.26 Å². The van der Waals surface area contributed by atoms with Crippen molar-refractivity contribution in [2.45, 2.75) is 57.7 Å². The van der Waals surface area contributed by atoms with E-state index in [0.717, 1.165) is 65.3 Å². The van der Waals surface area contributed by atoms with Crippen LogP contribution in [0.25, 0.3) is 21.0 Å². The first kappa shape index (κ1) is 29.7. The van der Waals surface area contributed by atoms with Gasteiger partial charge in [0.1, 0.15) is 16.8 Å². The van der Waals surface area contributed by atoms with E-state index in [1.165, 1.54) is 5.56 Å². The third kappa shape index (κ3) is 6.99. The zero-order valence-corrected chi connectivity index (χ0v) is 25.9. The number of thiazole rings is 1. The van der Waals surface area contributed by atoms with Crippen molar-refractivity contribution < 1.29 is 13.2 Å². The van der Waals surface area contributed by atoms with Gasteiger partial charge in [0.05, 0.1) is 22.3 Å². The Balaban J connectivity index is 1.27. The zero-order chi connectivity index (χ0) is 29.1. The molecule has 41 heavy (non-hydrogen) atoms. The summed E-state index contributed by atoms with van der Waals surface area (Å²) < 4.78 is 34.9. The second-order valence-electron chi connectivity index (χ2n) is 11.5. The van der Waals surface area contributed by atoms with Crippen LogP contribution in [0.2, 0.25) is 0 Å². The highest BCUT2D eigenvalue weighted by Gasteiger charge is 2.30. The van der Waals surface area contributed by atoms with Crippen molar-refractivity contribution in [3.05, 3.63) is 59.3 Å². The Morgan fingerprint density at radius 1 is 1.20 bits per heavy atom. The molecule has 0 bridgehead atoms. The van der Waals surface area contributed by atoms with Crippen LogP contribution in [0.1, 0.15) is 55.8 Å². The molecule has 1 aliphatic carbocycles. The number of likely N-dealkylation sites (tertiary alicyclic amines) is 1. The molecular weight excluding hydrogens is 555 g/mol. The molecule has 1 N–H and O–H groups in total. The van der Waals surface area contributed by atoms with Gasteiger partial charge in [0, 0.05) is 30.4 Å². The molecule has 2 aliphatic rings. The van der Waals surface area contributed by atoms with Gasteiger partial charge in [0.15, 0.2) is 0 Å². The molecule has 218 valence electrons. The topological polar surface area (TPSA) is 98.6 Å². The van der Waals surface area contributed by atoms with Gasteiger partial charge in [-0.2, -0.15) is 5.26 Å². The van der Waals surface area contributed by atoms with Crippen LogP contribution >= 0.6 is 11.3 Å². The molecule has 8 nitrogen and oxygen atoms in total. The van der Waals surface area contributed by atoms with Gasteiger partial charge in [-0.15, -0.1) is 11.3 Å². The second-order valence-corrected chi connectivity index (χ2v) is 14.4. The summed E-state index contributed by atoms with van der Waals surface area (Å²) in [7, 11) is 0.812. The minimum Gasteiger partial charge on any atom is -0.490 e. The van der Waals surface area contributed by atoms with Crippen molar-refractivity contribution in [3.63, 3.8) is 0 Å². The highest BCUT2D eigenvalue weighted by molar-refractivity contribution is 7.89. The molecule has 0 amide bonds. The van der Waals surface area contributed by atoms with E-state index in [-0.39, 0.29) is 17.9 Å². The number of nitrogens with one attached hydrogen (secondary N) is 1. The van der Waals surface area contributed by atoms with Gasteiger partial charge < -0.3 is 14.5 Å².